The zero-order chi connectivity index (χ0) is 10.2. The summed E-state index contributed by atoms with van der Waals surface area (Å²) in [7, 11) is 1.79. The van der Waals surface area contributed by atoms with E-state index in [2.05, 4.69) is 10.5 Å². The van der Waals surface area contributed by atoms with Gasteiger partial charge in [-0.2, -0.15) is 0 Å². The first-order valence-corrected chi connectivity index (χ1v) is 4.82. The van der Waals surface area contributed by atoms with E-state index in [1.807, 2.05) is 6.92 Å². The first-order valence-electron chi connectivity index (χ1n) is 4.82. The molecule has 1 saturated heterocycles. The quantitative estimate of drug-likeness (QED) is 0.617. The average Bonchev–Trinajstić information content (AvgIpc) is 2.47. The summed E-state index contributed by atoms with van der Waals surface area (Å²) < 4.78 is 0. The fraction of sp³-hybridized carbons (Fsp3) is 0.778. The van der Waals surface area contributed by atoms with Crippen molar-refractivity contribution >= 4 is 11.7 Å². The Hall–Kier alpha value is -1.26. The van der Waals surface area contributed by atoms with Gasteiger partial charge in [0.15, 0.2) is 5.60 Å². The Kier molecular flexibility index (Phi) is 2.09. The highest BCUT2D eigenvalue weighted by Crippen LogP contribution is 2.28. The molecule has 1 N–H and O–H groups in total. The Balaban J connectivity index is 2.06. The number of amides is 2. The van der Waals surface area contributed by atoms with Gasteiger partial charge in [-0.25, -0.2) is 4.79 Å². The maximum Gasteiger partial charge on any atom is 0.317 e. The van der Waals surface area contributed by atoms with E-state index in [-0.39, 0.29) is 11.6 Å². The van der Waals surface area contributed by atoms with Crippen molar-refractivity contribution < 1.29 is 9.63 Å². The first-order chi connectivity index (χ1) is 6.61. The second-order valence-electron chi connectivity index (χ2n) is 4.11. The number of oxime groups is 1. The molecule has 0 bridgehead atoms. The molecule has 0 aromatic carbocycles. The molecule has 0 aromatic rings. The van der Waals surface area contributed by atoms with Crippen LogP contribution in [0.1, 0.15) is 19.8 Å². The van der Waals surface area contributed by atoms with Crippen LogP contribution in [0.15, 0.2) is 5.16 Å². The third-order valence-electron chi connectivity index (χ3n) is 2.78. The number of urea groups is 1. The molecule has 1 unspecified atom stereocenters. The van der Waals surface area contributed by atoms with Gasteiger partial charge in [-0.1, -0.05) is 5.16 Å². The largest absolute Gasteiger partial charge is 0.387 e. The van der Waals surface area contributed by atoms with Gasteiger partial charge in [0, 0.05) is 26.4 Å². The van der Waals surface area contributed by atoms with Crippen molar-refractivity contribution in [3.8, 4) is 0 Å². The SMILES string of the molecule is CC1=NOC2(CCN(C)C(=O)NC2)C1. The third kappa shape index (κ3) is 1.54. The standard InChI is InChI=1S/C9H15N3O2/c1-7-5-9(14-11-7)3-4-12(2)8(13)10-6-9/h3-6H2,1-2H3,(H,10,13). The smallest absolute Gasteiger partial charge is 0.317 e. The normalized spacial score (nSPS) is 32.3. The highest BCUT2D eigenvalue weighted by atomic mass is 16.7. The molecule has 2 aliphatic rings. The van der Waals surface area contributed by atoms with Crippen LogP contribution in [0.5, 0.6) is 0 Å². The minimum absolute atomic E-state index is 0.0324. The van der Waals surface area contributed by atoms with Crippen LogP contribution < -0.4 is 5.32 Å². The molecule has 2 heterocycles. The molecule has 1 spiro atoms. The van der Waals surface area contributed by atoms with Gasteiger partial charge in [0.2, 0.25) is 0 Å². The summed E-state index contributed by atoms with van der Waals surface area (Å²) in [4.78, 5) is 18.4. The van der Waals surface area contributed by atoms with E-state index in [0.29, 0.717) is 13.1 Å². The molecule has 0 aliphatic carbocycles. The number of carbonyl (C=O) groups is 1. The Morgan fingerprint density at radius 3 is 3.07 bits per heavy atom. The fourth-order valence-electron chi connectivity index (χ4n) is 1.87. The number of hydrogen-bond donors (Lipinski definition) is 1. The Labute approximate surface area is 83.1 Å². The first kappa shape index (κ1) is 9.30. The molecule has 2 aliphatic heterocycles. The molecule has 0 saturated carbocycles. The summed E-state index contributed by atoms with van der Waals surface area (Å²) in [5.41, 5.74) is 0.716. The lowest BCUT2D eigenvalue weighted by atomic mass is 9.94. The van der Waals surface area contributed by atoms with Crippen LogP contribution in [0.25, 0.3) is 0 Å². The Morgan fingerprint density at radius 1 is 1.64 bits per heavy atom. The van der Waals surface area contributed by atoms with Gasteiger partial charge in [-0.05, 0) is 6.92 Å². The van der Waals surface area contributed by atoms with Gasteiger partial charge in [-0.3, -0.25) is 0 Å². The van der Waals surface area contributed by atoms with Crippen LogP contribution in [0.3, 0.4) is 0 Å². The van der Waals surface area contributed by atoms with Gasteiger partial charge in [-0.15, -0.1) is 0 Å². The molecular weight excluding hydrogens is 182 g/mol. The number of carbonyl (C=O) groups excluding carboxylic acids is 1. The molecular formula is C9H15N3O2. The minimum Gasteiger partial charge on any atom is -0.387 e. The van der Waals surface area contributed by atoms with E-state index in [1.165, 1.54) is 0 Å². The van der Waals surface area contributed by atoms with Gasteiger partial charge in [0.1, 0.15) is 0 Å². The lowest BCUT2D eigenvalue weighted by Crippen LogP contribution is -2.41. The van der Waals surface area contributed by atoms with Crippen molar-refractivity contribution in [2.75, 3.05) is 20.1 Å². The van der Waals surface area contributed by atoms with Gasteiger partial charge in [0.05, 0.1) is 12.3 Å². The summed E-state index contributed by atoms with van der Waals surface area (Å²) >= 11 is 0. The summed E-state index contributed by atoms with van der Waals surface area (Å²) in [6, 6.07) is -0.0324. The lowest BCUT2D eigenvalue weighted by Gasteiger charge is -2.23. The highest BCUT2D eigenvalue weighted by molar-refractivity contribution is 5.84. The Morgan fingerprint density at radius 2 is 2.43 bits per heavy atom. The fourth-order valence-corrected chi connectivity index (χ4v) is 1.87. The summed E-state index contributed by atoms with van der Waals surface area (Å²) in [6.07, 6.45) is 1.66. The van der Waals surface area contributed by atoms with Gasteiger partial charge >= 0.3 is 6.03 Å². The molecule has 78 valence electrons. The van der Waals surface area contributed by atoms with Gasteiger partial charge in [0.25, 0.3) is 0 Å². The maximum atomic E-state index is 11.4. The van der Waals surface area contributed by atoms with Crippen LogP contribution in [-0.2, 0) is 4.84 Å². The topological polar surface area (TPSA) is 53.9 Å². The molecule has 0 aromatic heterocycles. The molecule has 5 heteroatoms. The van der Waals surface area contributed by atoms with Crippen LogP contribution in [-0.4, -0.2) is 42.4 Å². The van der Waals surface area contributed by atoms with Crippen molar-refractivity contribution in [2.45, 2.75) is 25.4 Å². The average molecular weight is 197 g/mol. The van der Waals surface area contributed by atoms with E-state index in [4.69, 9.17) is 4.84 Å². The second-order valence-corrected chi connectivity index (χ2v) is 4.11. The zero-order valence-electron chi connectivity index (χ0n) is 8.54. The summed E-state index contributed by atoms with van der Waals surface area (Å²) in [5.74, 6) is 0. The van der Waals surface area contributed by atoms with E-state index in [1.54, 1.807) is 11.9 Å². The molecule has 1 fully saturated rings. The molecule has 2 amide bonds. The molecule has 14 heavy (non-hydrogen) atoms. The van der Waals surface area contributed by atoms with E-state index in [0.717, 1.165) is 18.6 Å². The molecule has 2 rings (SSSR count). The summed E-state index contributed by atoms with van der Waals surface area (Å²) in [5, 5.41) is 6.79. The maximum absolute atomic E-state index is 11.4. The van der Waals surface area contributed by atoms with E-state index < -0.39 is 0 Å². The van der Waals surface area contributed by atoms with Crippen LogP contribution in [0.4, 0.5) is 4.79 Å². The van der Waals surface area contributed by atoms with Gasteiger partial charge < -0.3 is 15.1 Å². The second kappa shape index (κ2) is 3.15. The van der Waals surface area contributed by atoms with Crippen molar-refractivity contribution in [3.63, 3.8) is 0 Å². The number of nitrogens with one attached hydrogen (secondary N) is 1. The summed E-state index contributed by atoms with van der Waals surface area (Å²) in [6.45, 7) is 3.22. The van der Waals surface area contributed by atoms with Crippen LogP contribution in [0.2, 0.25) is 0 Å². The zero-order valence-corrected chi connectivity index (χ0v) is 8.54. The number of rotatable bonds is 0. The third-order valence-corrected chi connectivity index (χ3v) is 2.78. The van der Waals surface area contributed by atoms with Crippen molar-refractivity contribution in [1.82, 2.24) is 10.2 Å². The molecule has 5 nitrogen and oxygen atoms in total. The van der Waals surface area contributed by atoms with Crippen molar-refractivity contribution in [1.29, 1.82) is 0 Å². The monoisotopic (exact) mass is 197 g/mol. The predicted molar refractivity (Wildman–Crippen MR) is 52.2 cm³/mol. The minimum atomic E-state index is -0.287. The highest BCUT2D eigenvalue weighted by Gasteiger charge is 2.40. The van der Waals surface area contributed by atoms with E-state index >= 15 is 0 Å². The lowest BCUT2D eigenvalue weighted by molar-refractivity contribution is -0.0194. The number of hydrogen-bond acceptors (Lipinski definition) is 3. The van der Waals surface area contributed by atoms with Crippen LogP contribution in [0, 0.1) is 0 Å². The van der Waals surface area contributed by atoms with Crippen molar-refractivity contribution in [2.24, 2.45) is 5.16 Å². The Bertz CT molecular complexity index is 290. The van der Waals surface area contributed by atoms with E-state index in [9.17, 15) is 4.79 Å². The predicted octanol–water partition coefficient (Wildman–Crippen LogP) is 0.567. The molecule has 1 atom stereocenters. The van der Waals surface area contributed by atoms with Crippen LogP contribution >= 0.6 is 0 Å². The number of nitrogens with zero attached hydrogens (tertiary/aromatic N) is 2. The molecule has 0 radical (unpaired) electrons. The van der Waals surface area contributed by atoms with Crippen molar-refractivity contribution in [3.05, 3.63) is 0 Å².